The van der Waals surface area contributed by atoms with E-state index in [1.54, 1.807) is 20.4 Å². The van der Waals surface area contributed by atoms with Gasteiger partial charge in [0, 0.05) is 0 Å². The van der Waals surface area contributed by atoms with Crippen LogP contribution in [0.15, 0.2) is 0 Å². The van der Waals surface area contributed by atoms with Crippen LogP contribution in [0.3, 0.4) is 0 Å². The van der Waals surface area contributed by atoms with Crippen LogP contribution in [0.5, 0.6) is 0 Å². The monoisotopic (exact) mass is 532 g/mol. The Morgan fingerprint density at radius 1 is 0.933 bits per heavy atom. The molecular weight excluding hydrogens is 483 g/mol. The molecule has 30 heavy (non-hydrogen) atoms. The van der Waals surface area contributed by atoms with Crippen molar-refractivity contribution in [3.05, 3.63) is 0 Å². The molecule has 0 amide bonds. The molecule has 4 rings (SSSR count). The summed E-state index contributed by atoms with van der Waals surface area (Å²) in [5, 5.41) is 0. The Hall–Kier alpha value is 0.639. The van der Waals surface area contributed by atoms with Crippen molar-refractivity contribution in [3.8, 4) is 0 Å². The van der Waals surface area contributed by atoms with Gasteiger partial charge in [0.2, 0.25) is 0 Å². The fourth-order valence-electron chi connectivity index (χ4n) is 6.61. The third kappa shape index (κ3) is 5.24. The molecule has 1 aliphatic carbocycles. The van der Waals surface area contributed by atoms with Crippen LogP contribution in [0.2, 0.25) is 17.7 Å². The van der Waals surface area contributed by atoms with E-state index in [-0.39, 0.29) is 6.29 Å². The van der Waals surface area contributed by atoms with Crippen LogP contribution in [0.25, 0.3) is 0 Å². The molecule has 4 nitrogen and oxygen atoms in total. The summed E-state index contributed by atoms with van der Waals surface area (Å²) < 4.78 is 18.6. The second kappa shape index (κ2) is 11.2. The zero-order valence-corrected chi connectivity index (χ0v) is 23.3. The molecule has 0 aromatic carbocycles. The van der Waals surface area contributed by atoms with E-state index in [1.807, 2.05) is 0 Å². The van der Waals surface area contributed by atoms with E-state index >= 15 is 0 Å². The first-order chi connectivity index (χ1) is 14.5. The van der Waals surface area contributed by atoms with Gasteiger partial charge in [-0.2, -0.15) is 0 Å². The van der Waals surface area contributed by atoms with Crippen LogP contribution in [-0.2, 0) is 19.2 Å². The van der Waals surface area contributed by atoms with Crippen molar-refractivity contribution in [1.82, 2.24) is 0 Å². The van der Waals surface area contributed by atoms with E-state index in [2.05, 4.69) is 27.7 Å². The predicted molar refractivity (Wildman–Crippen MR) is 125 cm³/mol. The third-order valence-electron chi connectivity index (χ3n) is 8.55. The first-order valence-corrected chi connectivity index (χ1v) is 21.1. The fraction of sp³-hybridized carbons (Fsp3) is 1.00. The molecule has 0 radical (unpaired) electrons. The summed E-state index contributed by atoms with van der Waals surface area (Å²) in [5.41, 5.74) is -0.393. The van der Waals surface area contributed by atoms with Crippen LogP contribution in [0, 0.1) is 11.8 Å². The Balaban J connectivity index is 1.88. The van der Waals surface area contributed by atoms with E-state index in [0.717, 1.165) is 6.42 Å². The molecule has 4 aliphatic rings. The van der Waals surface area contributed by atoms with E-state index in [0.29, 0.717) is 11.8 Å². The Labute approximate surface area is 189 Å². The Kier molecular flexibility index (Phi) is 9.41. The van der Waals surface area contributed by atoms with Gasteiger partial charge in [-0.05, 0) is 0 Å². The van der Waals surface area contributed by atoms with E-state index in [9.17, 15) is 0 Å². The minimum absolute atomic E-state index is 0.293. The van der Waals surface area contributed by atoms with Gasteiger partial charge >= 0.3 is 190 Å². The summed E-state index contributed by atoms with van der Waals surface area (Å²) in [6, 6.07) is 0. The topological polar surface area (TPSA) is 36.9 Å². The van der Waals surface area contributed by atoms with Crippen molar-refractivity contribution < 1.29 is 19.2 Å². The van der Waals surface area contributed by atoms with Crippen molar-refractivity contribution in [2.45, 2.75) is 134 Å². The molecule has 3 saturated heterocycles. The van der Waals surface area contributed by atoms with Crippen LogP contribution in [0.4, 0.5) is 0 Å². The summed E-state index contributed by atoms with van der Waals surface area (Å²) >= 11 is -2.32. The summed E-state index contributed by atoms with van der Waals surface area (Å²) in [6.45, 7) is 9.23. The standard InChI is InChI=1S/C13H21O4.3C4H9.Sn/c1-9-8-10-6-4-5-7-13(10)11(14-3)15-12(9,2)16-17-13;3*1-3-4-2;/h9-11H,1,4-8H2,2-3H3;3*1,3-4H2,2H3;/t9?,10-,11?,12-,13+;;;;/m1..../s1. The number of methoxy groups -OCH3 is 1. The zero-order valence-electron chi connectivity index (χ0n) is 20.5. The number of hydrogen-bond donors (Lipinski definition) is 0. The fourth-order valence-corrected chi connectivity index (χ4v) is 24.5. The number of fused-ring (bicyclic) bond motifs is 3. The zero-order chi connectivity index (χ0) is 21.7. The van der Waals surface area contributed by atoms with Crippen LogP contribution >= 0.6 is 0 Å². The molecular formula is C25H48O4Sn. The molecule has 0 aromatic heterocycles. The molecule has 3 heterocycles. The molecule has 2 bridgehead atoms. The minimum atomic E-state index is -2.32. The third-order valence-corrected chi connectivity index (χ3v) is 24.5. The Morgan fingerprint density at radius 2 is 1.57 bits per heavy atom. The van der Waals surface area contributed by atoms with Crippen molar-refractivity contribution in [2.24, 2.45) is 11.8 Å². The maximum atomic E-state index is 6.64. The van der Waals surface area contributed by atoms with Crippen molar-refractivity contribution >= 4 is 18.4 Å². The van der Waals surface area contributed by atoms with Crippen LogP contribution in [-0.4, -0.2) is 43.2 Å². The summed E-state index contributed by atoms with van der Waals surface area (Å²) in [5.74, 6) is 0.290. The molecule has 176 valence electrons. The molecule has 1 spiro atoms. The molecule has 5 heteroatoms. The van der Waals surface area contributed by atoms with Crippen LogP contribution < -0.4 is 0 Å². The average Bonchev–Trinajstić information content (AvgIpc) is 2.95. The van der Waals surface area contributed by atoms with Crippen molar-refractivity contribution in [3.63, 3.8) is 0 Å². The molecule has 0 aromatic rings. The maximum absolute atomic E-state index is 6.64. The normalized spacial score (nSPS) is 36.5. The van der Waals surface area contributed by atoms with Gasteiger partial charge in [0.1, 0.15) is 0 Å². The van der Waals surface area contributed by atoms with Gasteiger partial charge in [-0.1, -0.05) is 0 Å². The quantitative estimate of drug-likeness (QED) is 0.194. The second-order valence-corrected chi connectivity index (χ2v) is 24.7. The van der Waals surface area contributed by atoms with Gasteiger partial charge in [0.15, 0.2) is 0 Å². The van der Waals surface area contributed by atoms with E-state index < -0.39 is 29.8 Å². The average molecular weight is 531 g/mol. The SMILES string of the molecule is CCC[CH2][Sn]([CH2]CCC)([CH2]CCC)[CH2]C1C[C@H]2CCCC[C@]23OO[C@@]1(C)OC3OC. The summed E-state index contributed by atoms with van der Waals surface area (Å²) in [7, 11) is 1.78. The first-order valence-electron chi connectivity index (χ1n) is 13.0. The number of ether oxygens (including phenoxy) is 2. The number of hydrogen-bond acceptors (Lipinski definition) is 4. The van der Waals surface area contributed by atoms with Gasteiger partial charge in [-0.25, -0.2) is 0 Å². The van der Waals surface area contributed by atoms with E-state index in [4.69, 9.17) is 19.2 Å². The number of unbranched alkanes of at least 4 members (excludes halogenated alkanes) is 3. The van der Waals surface area contributed by atoms with Crippen molar-refractivity contribution in [2.75, 3.05) is 7.11 Å². The Bertz CT molecular complexity index is 508. The molecule has 1 saturated carbocycles. The molecule has 3 aliphatic heterocycles. The van der Waals surface area contributed by atoms with Gasteiger partial charge in [-0.15, -0.1) is 0 Å². The number of rotatable bonds is 12. The van der Waals surface area contributed by atoms with E-state index in [1.165, 1.54) is 68.6 Å². The van der Waals surface area contributed by atoms with Gasteiger partial charge in [0.05, 0.1) is 0 Å². The van der Waals surface area contributed by atoms with Gasteiger partial charge in [0.25, 0.3) is 0 Å². The summed E-state index contributed by atoms with van der Waals surface area (Å²) in [4.78, 5) is 12.4. The first kappa shape index (κ1) is 25.3. The molecule has 4 fully saturated rings. The van der Waals surface area contributed by atoms with Crippen molar-refractivity contribution in [1.29, 1.82) is 0 Å². The van der Waals surface area contributed by atoms with Gasteiger partial charge in [-0.3, -0.25) is 0 Å². The second-order valence-electron chi connectivity index (χ2n) is 10.7. The Morgan fingerprint density at radius 3 is 2.13 bits per heavy atom. The molecule has 0 N–H and O–H groups in total. The summed E-state index contributed by atoms with van der Waals surface area (Å²) in [6.07, 6.45) is 13.8. The molecule has 2 unspecified atom stereocenters. The van der Waals surface area contributed by atoms with Gasteiger partial charge < -0.3 is 0 Å². The predicted octanol–water partition coefficient (Wildman–Crippen LogP) is 7.45. The van der Waals surface area contributed by atoms with Crippen LogP contribution in [0.1, 0.15) is 98.3 Å². The molecule has 5 atom stereocenters.